The molecule has 0 aliphatic heterocycles. The molecule has 0 saturated carbocycles. The van der Waals surface area contributed by atoms with E-state index in [1.54, 1.807) is 0 Å². The standard InChI is InChI=1S/C4H11ClN2O2S/c1-7(2)10(8,9)4-3-6-5/h6H,3-4H2,1-2H3. The van der Waals surface area contributed by atoms with Gasteiger partial charge < -0.3 is 0 Å². The predicted molar refractivity (Wildman–Crippen MR) is 41.3 cm³/mol. The summed E-state index contributed by atoms with van der Waals surface area (Å²) < 4.78 is 23.0. The van der Waals surface area contributed by atoms with Gasteiger partial charge in [0.2, 0.25) is 10.0 Å². The molecule has 0 amide bonds. The van der Waals surface area contributed by atoms with Crippen molar-refractivity contribution >= 4 is 21.8 Å². The van der Waals surface area contributed by atoms with Crippen LogP contribution in [0.25, 0.3) is 0 Å². The second-order valence-corrected chi connectivity index (χ2v) is 4.55. The van der Waals surface area contributed by atoms with Gasteiger partial charge in [-0.2, -0.15) is 0 Å². The van der Waals surface area contributed by atoms with Crippen molar-refractivity contribution in [3.8, 4) is 0 Å². The van der Waals surface area contributed by atoms with Crippen molar-refractivity contribution in [2.24, 2.45) is 0 Å². The maximum atomic E-state index is 10.9. The number of hydrogen-bond acceptors (Lipinski definition) is 3. The fourth-order valence-electron chi connectivity index (χ4n) is 0.350. The molecule has 0 saturated heterocycles. The summed E-state index contributed by atoms with van der Waals surface area (Å²) >= 11 is 5.08. The van der Waals surface area contributed by atoms with E-state index in [4.69, 9.17) is 11.8 Å². The minimum absolute atomic E-state index is 0.0312. The fourth-order valence-corrected chi connectivity index (χ4v) is 1.28. The van der Waals surface area contributed by atoms with Crippen LogP contribution in [-0.2, 0) is 10.0 Å². The van der Waals surface area contributed by atoms with Crippen LogP contribution in [0, 0.1) is 0 Å². The van der Waals surface area contributed by atoms with E-state index in [0.29, 0.717) is 0 Å². The van der Waals surface area contributed by atoms with Crippen molar-refractivity contribution in [1.29, 1.82) is 0 Å². The number of nitrogens with zero attached hydrogens (tertiary/aromatic N) is 1. The highest BCUT2D eigenvalue weighted by molar-refractivity contribution is 7.89. The van der Waals surface area contributed by atoms with Crippen LogP contribution in [0.4, 0.5) is 0 Å². The summed E-state index contributed by atoms with van der Waals surface area (Å²) in [6, 6.07) is 0. The van der Waals surface area contributed by atoms with Crippen LogP contribution in [0.2, 0.25) is 0 Å². The molecule has 0 aromatic rings. The Labute approximate surface area is 66.3 Å². The third kappa shape index (κ3) is 3.36. The molecular formula is C4H11ClN2O2S. The summed E-state index contributed by atoms with van der Waals surface area (Å²) in [6.07, 6.45) is 0. The molecule has 0 radical (unpaired) electrons. The average molecular weight is 187 g/mol. The highest BCUT2D eigenvalue weighted by Gasteiger charge is 2.11. The fraction of sp³-hybridized carbons (Fsp3) is 1.00. The summed E-state index contributed by atoms with van der Waals surface area (Å²) in [5.74, 6) is 0.0312. The van der Waals surface area contributed by atoms with E-state index < -0.39 is 10.0 Å². The zero-order valence-electron chi connectivity index (χ0n) is 5.96. The molecule has 4 nitrogen and oxygen atoms in total. The van der Waals surface area contributed by atoms with Crippen LogP contribution in [0.15, 0.2) is 0 Å². The summed E-state index contributed by atoms with van der Waals surface area (Å²) in [6.45, 7) is 0.266. The van der Waals surface area contributed by atoms with E-state index >= 15 is 0 Å². The van der Waals surface area contributed by atoms with Crippen LogP contribution in [0.3, 0.4) is 0 Å². The molecule has 62 valence electrons. The van der Waals surface area contributed by atoms with Gasteiger partial charge in [0, 0.05) is 20.6 Å². The molecule has 0 spiro atoms. The van der Waals surface area contributed by atoms with E-state index in [2.05, 4.69) is 4.84 Å². The first-order valence-corrected chi connectivity index (χ1v) is 4.73. The Morgan fingerprint density at radius 1 is 1.50 bits per heavy atom. The van der Waals surface area contributed by atoms with Crippen molar-refractivity contribution in [1.82, 2.24) is 9.14 Å². The zero-order chi connectivity index (χ0) is 8.20. The smallest absolute Gasteiger partial charge is 0.214 e. The lowest BCUT2D eigenvalue weighted by Crippen LogP contribution is -2.28. The monoisotopic (exact) mass is 186 g/mol. The Morgan fingerprint density at radius 3 is 2.30 bits per heavy atom. The first-order valence-electron chi connectivity index (χ1n) is 2.74. The van der Waals surface area contributed by atoms with Gasteiger partial charge in [0.05, 0.1) is 5.75 Å². The van der Waals surface area contributed by atoms with E-state index in [9.17, 15) is 8.42 Å². The van der Waals surface area contributed by atoms with Crippen molar-refractivity contribution < 1.29 is 8.42 Å². The van der Waals surface area contributed by atoms with Crippen LogP contribution >= 0.6 is 11.8 Å². The van der Waals surface area contributed by atoms with Gasteiger partial charge in [0.15, 0.2) is 0 Å². The number of halogens is 1. The van der Waals surface area contributed by atoms with Gasteiger partial charge in [0.25, 0.3) is 0 Å². The van der Waals surface area contributed by atoms with Crippen molar-refractivity contribution in [3.05, 3.63) is 0 Å². The van der Waals surface area contributed by atoms with Gasteiger partial charge >= 0.3 is 0 Å². The molecule has 0 aromatic heterocycles. The molecule has 0 fully saturated rings. The van der Waals surface area contributed by atoms with E-state index in [0.717, 1.165) is 0 Å². The maximum absolute atomic E-state index is 10.9. The maximum Gasteiger partial charge on any atom is 0.214 e. The summed E-state index contributed by atoms with van der Waals surface area (Å²) in [7, 11) is -0.0947. The number of rotatable bonds is 4. The van der Waals surface area contributed by atoms with Gasteiger partial charge in [-0.3, -0.25) is 0 Å². The molecule has 1 N–H and O–H groups in total. The Morgan fingerprint density at radius 2 is 2.00 bits per heavy atom. The van der Waals surface area contributed by atoms with Gasteiger partial charge in [-0.05, 0) is 11.8 Å². The number of nitrogens with one attached hydrogen (secondary N) is 1. The Hall–Kier alpha value is 0.160. The largest absolute Gasteiger partial charge is 0.232 e. The summed E-state index contributed by atoms with van der Waals surface area (Å²) in [5, 5.41) is 0. The zero-order valence-corrected chi connectivity index (χ0v) is 7.54. The number of sulfonamides is 1. The second kappa shape index (κ2) is 4.12. The molecular weight excluding hydrogens is 176 g/mol. The third-order valence-corrected chi connectivity index (χ3v) is 3.03. The lowest BCUT2D eigenvalue weighted by atomic mass is 10.8. The predicted octanol–water partition coefficient (Wildman–Crippen LogP) is -0.379. The van der Waals surface area contributed by atoms with Crippen LogP contribution in [0.5, 0.6) is 0 Å². The first-order chi connectivity index (χ1) is 4.50. The Bertz CT molecular complexity index is 178. The van der Waals surface area contributed by atoms with Crippen molar-refractivity contribution in [3.63, 3.8) is 0 Å². The van der Waals surface area contributed by atoms with Crippen molar-refractivity contribution in [2.45, 2.75) is 0 Å². The van der Waals surface area contributed by atoms with Crippen LogP contribution in [-0.4, -0.2) is 39.1 Å². The highest BCUT2D eigenvalue weighted by atomic mass is 35.5. The molecule has 0 rings (SSSR count). The molecule has 0 aromatic carbocycles. The SMILES string of the molecule is CN(C)S(=O)(=O)CCNCl. The molecule has 6 heteroatoms. The topological polar surface area (TPSA) is 49.4 Å². The van der Waals surface area contributed by atoms with E-state index in [1.807, 2.05) is 0 Å². The third-order valence-electron chi connectivity index (χ3n) is 1.01. The molecule has 10 heavy (non-hydrogen) atoms. The quantitative estimate of drug-likeness (QED) is 0.610. The van der Waals surface area contributed by atoms with Crippen molar-refractivity contribution in [2.75, 3.05) is 26.4 Å². The van der Waals surface area contributed by atoms with Gasteiger partial charge in [-0.15, -0.1) is 0 Å². The second-order valence-electron chi connectivity index (χ2n) is 1.98. The van der Waals surface area contributed by atoms with Gasteiger partial charge in [-0.25, -0.2) is 17.6 Å². The summed E-state index contributed by atoms with van der Waals surface area (Å²) in [5.41, 5.74) is 0. The van der Waals surface area contributed by atoms with Crippen LogP contribution in [0.1, 0.15) is 0 Å². The minimum Gasteiger partial charge on any atom is -0.232 e. The van der Waals surface area contributed by atoms with E-state index in [-0.39, 0.29) is 12.3 Å². The van der Waals surface area contributed by atoms with Gasteiger partial charge in [-0.1, -0.05) is 0 Å². The normalized spacial score (nSPS) is 12.4. The molecule has 0 atom stereocenters. The molecule has 0 aliphatic carbocycles. The Kier molecular flexibility index (Phi) is 4.19. The molecule has 0 bridgehead atoms. The van der Waals surface area contributed by atoms with E-state index in [1.165, 1.54) is 18.4 Å². The first kappa shape index (κ1) is 10.2. The molecule has 0 aliphatic rings. The number of hydrogen-bond donors (Lipinski definition) is 1. The lowest BCUT2D eigenvalue weighted by molar-refractivity contribution is 0.520. The van der Waals surface area contributed by atoms with Gasteiger partial charge in [0.1, 0.15) is 0 Å². The minimum atomic E-state index is -3.07. The van der Waals surface area contributed by atoms with Crippen LogP contribution < -0.4 is 4.84 Å². The Balaban J connectivity index is 3.90. The average Bonchev–Trinajstić information content (AvgIpc) is 1.84. The highest BCUT2D eigenvalue weighted by Crippen LogP contribution is 1.91. The molecule has 0 heterocycles. The lowest BCUT2D eigenvalue weighted by Gasteiger charge is -2.09. The molecule has 0 unspecified atom stereocenters. The summed E-state index contributed by atoms with van der Waals surface area (Å²) in [4.78, 5) is 2.25.